The van der Waals surface area contributed by atoms with Crippen molar-refractivity contribution in [2.24, 2.45) is 0 Å². The zero-order valence-corrected chi connectivity index (χ0v) is 20.0. The number of benzene rings is 2. The van der Waals surface area contributed by atoms with Gasteiger partial charge in [0.2, 0.25) is 0 Å². The number of hydrogen-bond acceptors (Lipinski definition) is 4. The van der Waals surface area contributed by atoms with Gasteiger partial charge in [0.25, 0.3) is 0 Å². The average Bonchev–Trinajstić information content (AvgIpc) is 3.56. The van der Waals surface area contributed by atoms with Gasteiger partial charge in [0.05, 0.1) is 45.8 Å². The summed E-state index contributed by atoms with van der Waals surface area (Å²) < 4.78 is 22.0. The number of rotatable bonds is 4. The van der Waals surface area contributed by atoms with Crippen molar-refractivity contribution in [2.75, 3.05) is 6.61 Å². The Balaban J connectivity index is 1.41. The van der Waals surface area contributed by atoms with Crippen LogP contribution in [0, 0.1) is 19.7 Å². The van der Waals surface area contributed by atoms with Crippen molar-refractivity contribution in [2.45, 2.75) is 57.6 Å². The highest BCUT2D eigenvalue weighted by molar-refractivity contribution is 6.33. The Kier molecular flexibility index (Phi) is 5.38. The molecule has 0 radical (unpaired) electrons. The number of fused-ring (bicyclic) bond motifs is 1. The van der Waals surface area contributed by atoms with E-state index in [0.717, 1.165) is 52.0 Å². The standard InChI is InChI=1S/C27H26ClFN4O/c1-15-16(2)32-27-23(22-6-3-20(29)12-24(22)28)9-18(10-25(27)31-15)17-7-8-34-26(11-17)19-13-30-33(14-19)21-4-5-21/h3,6,9-10,12-14,17,21,26H,4-5,7-8,11H2,1-2H3/t17-,26+/m0/s1. The molecule has 174 valence electrons. The van der Waals surface area contributed by atoms with Crippen molar-refractivity contribution in [3.63, 3.8) is 0 Å². The van der Waals surface area contributed by atoms with Crippen LogP contribution in [0.3, 0.4) is 0 Å². The summed E-state index contributed by atoms with van der Waals surface area (Å²) in [4.78, 5) is 9.69. The van der Waals surface area contributed by atoms with E-state index >= 15 is 0 Å². The molecule has 0 bridgehead atoms. The maximum Gasteiger partial charge on any atom is 0.124 e. The second-order valence-corrected chi connectivity index (χ2v) is 9.93. The van der Waals surface area contributed by atoms with Crippen LogP contribution in [0.15, 0.2) is 42.7 Å². The van der Waals surface area contributed by atoms with Crippen LogP contribution in [0.2, 0.25) is 5.02 Å². The van der Waals surface area contributed by atoms with E-state index in [0.29, 0.717) is 23.6 Å². The van der Waals surface area contributed by atoms with Crippen molar-refractivity contribution in [1.82, 2.24) is 19.7 Å². The van der Waals surface area contributed by atoms with Gasteiger partial charge in [-0.05, 0) is 81.3 Å². The molecule has 2 aliphatic rings. The third-order valence-corrected chi connectivity index (χ3v) is 7.41. The van der Waals surface area contributed by atoms with E-state index in [1.807, 2.05) is 20.0 Å². The van der Waals surface area contributed by atoms with Gasteiger partial charge in [-0.1, -0.05) is 11.6 Å². The minimum atomic E-state index is -0.355. The van der Waals surface area contributed by atoms with E-state index in [1.165, 1.54) is 30.5 Å². The fourth-order valence-electron chi connectivity index (χ4n) is 4.89. The van der Waals surface area contributed by atoms with Crippen molar-refractivity contribution < 1.29 is 9.13 Å². The van der Waals surface area contributed by atoms with E-state index in [2.05, 4.69) is 28.1 Å². The van der Waals surface area contributed by atoms with E-state index in [1.54, 1.807) is 6.07 Å². The molecule has 1 saturated heterocycles. The molecule has 0 unspecified atom stereocenters. The van der Waals surface area contributed by atoms with Crippen LogP contribution in [0.25, 0.3) is 22.2 Å². The lowest BCUT2D eigenvalue weighted by Crippen LogP contribution is -2.18. The summed E-state index contributed by atoms with van der Waals surface area (Å²) in [5.74, 6) is -0.0554. The molecule has 5 nitrogen and oxygen atoms in total. The molecule has 1 saturated carbocycles. The van der Waals surface area contributed by atoms with Gasteiger partial charge in [0.15, 0.2) is 0 Å². The van der Waals surface area contributed by atoms with Crippen molar-refractivity contribution >= 4 is 22.6 Å². The Labute approximate surface area is 202 Å². The Bertz CT molecular complexity index is 1400. The molecule has 4 aromatic rings. The number of nitrogens with zero attached hydrogens (tertiary/aromatic N) is 4. The molecule has 0 amide bonds. The van der Waals surface area contributed by atoms with Gasteiger partial charge in [0, 0.05) is 29.5 Å². The first-order valence-electron chi connectivity index (χ1n) is 11.9. The summed E-state index contributed by atoms with van der Waals surface area (Å²) in [5.41, 5.74) is 7.38. The van der Waals surface area contributed by atoms with Gasteiger partial charge in [-0.25, -0.2) is 14.4 Å². The lowest BCUT2D eigenvalue weighted by molar-refractivity contribution is 0.00524. The molecular weight excluding hydrogens is 451 g/mol. The third-order valence-electron chi connectivity index (χ3n) is 7.09. The summed E-state index contributed by atoms with van der Waals surface area (Å²) >= 11 is 6.49. The smallest absolute Gasteiger partial charge is 0.124 e. The van der Waals surface area contributed by atoms with Crippen LogP contribution in [-0.4, -0.2) is 26.4 Å². The highest BCUT2D eigenvalue weighted by atomic mass is 35.5. The second-order valence-electron chi connectivity index (χ2n) is 9.52. The number of halogens is 2. The van der Waals surface area contributed by atoms with Crippen molar-refractivity contribution in [3.05, 3.63) is 76.1 Å². The van der Waals surface area contributed by atoms with Gasteiger partial charge < -0.3 is 4.74 Å². The molecule has 2 atom stereocenters. The SMILES string of the molecule is Cc1nc2cc([C@H]3CCO[C@@H](c4cnn(C5CC5)c4)C3)cc(-c3ccc(F)cc3Cl)c2nc1C. The number of aromatic nitrogens is 4. The fourth-order valence-corrected chi connectivity index (χ4v) is 5.16. The topological polar surface area (TPSA) is 52.8 Å². The van der Waals surface area contributed by atoms with Gasteiger partial charge in [0.1, 0.15) is 5.82 Å². The van der Waals surface area contributed by atoms with E-state index in [-0.39, 0.29) is 11.9 Å². The molecule has 0 N–H and O–H groups in total. The predicted octanol–water partition coefficient (Wildman–Crippen LogP) is 6.87. The molecule has 1 aliphatic carbocycles. The van der Waals surface area contributed by atoms with Gasteiger partial charge in [-0.2, -0.15) is 5.10 Å². The minimum absolute atomic E-state index is 0.0191. The van der Waals surface area contributed by atoms with Crippen LogP contribution in [-0.2, 0) is 4.74 Å². The number of aryl methyl sites for hydroxylation is 2. The molecule has 6 rings (SSSR count). The number of ether oxygens (including phenoxy) is 1. The summed E-state index contributed by atoms with van der Waals surface area (Å²) in [7, 11) is 0. The fraction of sp³-hybridized carbons (Fsp3) is 0.370. The van der Waals surface area contributed by atoms with Crippen molar-refractivity contribution in [1.29, 1.82) is 0 Å². The Morgan fingerprint density at radius 2 is 1.82 bits per heavy atom. The number of hydrogen-bond donors (Lipinski definition) is 0. The van der Waals surface area contributed by atoms with E-state index < -0.39 is 0 Å². The summed E-state index contributed by atoms with van der Waals surface area (Å²) in [6.45, 7) is 4.62. The summed E-state index contributed by atoms with van der Waals surface area (Å²) in [6, 6.07) is 9.39. The van der Waals surface area contributed by atoms with E-state index in [4.69, 9.17) is 26.3 Å². The maximum atomic E-state index is 13.8. The van der Waals surface area contributed by atoms with Crippen LogP contribution < -0.4 is 0 Å². The third kappa shape index (κ3) is 3.99. The normalized spacial score (nSPS) is 20.7. The minimum Gasteiger partial charge on any atom is -0.373 e. The first-order valence-corrected chi connectivity index (χ1v) is 12.2. The lowest BCUT2D eigenvalue weighted by atomic mass is 9.85. The molecule has 1 aliphatic heterocycles. The first-order chi connectivity index (χ1) is 16.5. The van der Waals surface area contributed by atoms with Crippen LogP contribution in [0.4, 0.5) is 4.39 Å². The zero-order valence-electron chi connectivity index (χ0n) is 19.3. The largest absolute Gasteiger partial charge is 0.373 e. The molecule has 3 heterocycles. The van der Waals surface area contributed by atoms with Crippen LogP contribution >= 0.6 is 11.6 Å². The van der Waals surface area contributed by atoms with Crippen LogP contribution in [0.5, 0.6) is 0 Å². The molecule has 34 heavy (non-hydrogen) atoms. The molecule has 7 heteroatoms. The second kappa shape index (κ2) is 8.43. The molecule has 2 aromatic heterocycles. The predicted molar refractivity (Wildman–Crippen MR) is 131 cm³/mol. The molecular formula is C27H26ClFN4O. The van der Waals surface area contributed by atoms with Crippen molar-refractivity contribution in [3.8, 4) is 11.1 Å². The Morgan fingerprint density at radius 1 is 1.00 bits per heavy atom. The maximum absolute atomic E-state index is 13.8. The van der Waals surface area contributed by atoms with Crippen LogP contribution in [0.1, 0.15) is 66.3 Å². The highest BCUT2D eigenvalue weighted by Gasteiger charge is 2.29. The first kappa shape index (κ1) is 21.7. The Morgan fingerprint density at radius 3 is 2.62 bits per heavy atom. The van der Waals surface area contributed by atoms with E-state index in [9.17, 15) is 4.39 Å². The molecule has 2 aromatic carbocycles. The highest BCUT2D eigenvalue weighted by Crippen LogP contribution is 2.42. The monoisotopic (exact) mass is 476 g/mol. The zero-order chi connectivity index (χ0) is 23.4. The van der Waals surface area contributed by atoms with Gasteiger partial charge in [-0.3, -0.25) is 4.68 Å². The lowest BCUT2D eigenvalue weighted by Gasteiger charge is -2.30. The average molecular weight is 477 g/mol. The van der Waals surface area contributed by atoms with Gasteiger partial charge >= 0.3 is 0 Å². The summed E-state index contributed by atoms with van der Waals surface area (Å²) in [6.07, 6.45) is 8.33. The quantitative estimate of drug-likeness (QED) is 0.322. The molecule has 2 fully saturated rings. The molecule has 0 spiro atoms. The summed E-state index contributed by atoms with van der Waals surface area (Å²) in [5, 5.41) is 4.92. The van der Waals surface area contributed by atoms with Gasteiger partial charge in [-0.15, -0.1) is 0 Å². The Hall–Kier alpha value is -2.83.